The van der Waals surface area contributed by atoms with E-state index in [0.717, 1.165) is 47.6 Å². The first-order valence-corrected chi connectivity index (χ1v) is 31.2. The molecule has 23 nitrogen and oxygen atoms in total. The second-order valence-corrected chi connectivity index (χ2v) is 27.1. The topological polar surface area (TPSA) is 303 Å². The maximum Gasteiger partial charge on any atom is 0.472 e. The summed E-state index contributed by atoms with van der Waals surface area (Å²) in [7, 11) is -14.3. The van der Waals surface area contributed by atoms with E-state index in [0.29, 0.717) is 17.2 Å². The number of carboxylic acids is 1. The monoisotopic (exact) mass is 1320 g/mol. The van der Waals surface area contributed by atoms with E-state index in [1.54, 1.807) is 0 Å². The highest BCUT2D eigenvalue weighted by Crippen LogP contribution is 2.68. The third-order valence-electron chi connectivity index (χ3n) is 14.3. The van der Waals surface area contributed by atoms with Crippen LogP contribution in [0.5, 0.6) is 0 Å². The largest absolute Gasteiger partial charge is 0.481 e. The lowest BCUT2D eigenvalue weighted by Gasteiger charge is -2.32. The number of anilines is 1. The zero-order chi connectivity index (χ0) is 64.5. The Bertz CT molecular complexity index is 3940. The molecule has 472 valence electrons. The zero-order valence-corrected chi connectivity index (χ0v) is 48.7. The van der Waals surface area contributed by atoms with E-state index >= 15 is 8.78 Å². The first-order valence-electron chi connectivity index (χ1n) is 25.5. The summed E-state index contributed by atoms with van der Waals surface area (Å²) in [5.41, 5.74) is -6.55. The van der Waals surface area contributed by atoms with Gasteiger partial charge in [-0.05, 0) is 87.3 Å². The molecule has 1 aliphatic heterocycles. The van der Waals surface area contributed by atoms with Gasteiger partial charge in [0.05, 0.1) is 46.4 Å². The number of amides is 4. The summed E-state index contributed by atoms with van der Waals surface area (Å²) in [4.78, 5) is 78.0. The molecule has 37 heteroatoms. The molecular weight excluding hydrogens is 1270 g/mol. The maximum absolute atomic E-state index is 15.7. The molecule has 4 atom stereocenters. The van der Waals surface area contributed by atoms with Gasteiger partial charge in [0.1, 0.15) is 40.9 Å². The number of alkyl halides is 8. The number of carboxylic acid groups (broad SMARTS) is 1. The van der Waals surface area contributed by atoms with Crippen LogP contribution >= 0.6 is 19.4 Å². The van der Waals surface area contributed by atoms with Crippen LogP contribution in [-0.2, 0) is 74.9 Å². The molecule has 3 aromatic heterocycles. The van der Waals surface area contributed by atoms with Crippen LogP contribution in [0.2, 0.25) is 5.02 Å². The van der Waals surface area contributed by atoms with Crippen LogP contribution in [0.15, 0.2) is 42.5 Å². The lowest BCUT2D eigenvalue weighted by atomic mass is 9.93. The second kappa shape index (κ2) is 23.8. The fourth-order valence-corrected chi connectivity index (χ4v) is 11.7. The van der Waals surface area contributed by atoms with Gasteiger partial charge in [0, 0.05) is 54.6 Å². The number of hydrogen-bond acceptors (Lipinski definition) is 14. The summed E-state index contributed by atoms with van der Waals surface area (Å²) in [5, 5.41) is 17.9. The Morgan fingerprint density at radius 1 is 0.966 bits per heavy atom. The average Bonchev–Trinajstić information content (AvgIpc) is 1.52. The Balaban J connectivity index is 1.30. The van der Waals surface area contributed by atoms with Gasteiger partial charge in [0.15, 0.2) is 21.3 Å². The number of phosphoric ester groups is 1. The van der Waals surface area contributed by atoms with Gasteiger partial charge in [-0.3, -0.25) is 19.0 Å². The Morgan fingerprint density at radius 3 is 2.22 bits per heavy atom. The van der Waals surface area contributed by atoms with Gasteiger partial charge in [-0.25, -0.2) is 49.3 Å². The molecule has 8 rings (SSSR count). The van der Waals surface area contributed by atoms with Crippen molar-refractivity contribution in [3.05, 3.63) is 93.0 Å². The van der Waals surface area contributed by atoms with Crippen molar-refractivity contribution < 1.29 is 109 Å². The highest BCUT2D eigenvalue weighted by molar-refractivity contribution is 7.93. The summed E-state index contributed by atoms with van der Waals surface area (Å²) in [6.45, 7) is -4.04. The molecule has 87 heavy (non-hydrogen) atoms. The normalized spacial score (nSPS) is 17.9. The first kappa shape index (κ1) is 65.9. The number of phosphoric acid groups is 1. The number of rotatable bonds is 19. The van der Waals surface area contributed by atoms with Crippen LogP contribution in [0, 0.1) is 29.4 Å². The van der Waals surface area contributed by atoms with E-state index in [9.17, 15) is 80.8 Å². The fourth-order valence-electron chi connectivity index (χ4n) is 10.2. The SMILES string of the molecule is CC(C)(C#Cc1ccc(-c2ccc(Cl)c3c(N(C(=O)N4CCC[C@H]4CN(CCC(=O)O)C(=O)OCOP(=O)(O)O)S(C)(=O)=O)nn(CC(F)(F)F)c23)c([C@H](Cc2cc(F)cc(F)c2)NC(=O)Cn2nc(C(F)(F)F)c3c2C(F)(F)C2C[C@H]32)n1)S(C)(=O)=O. The number of nitrogens with zero attached hydrogens (tertiary/aromatic N) is 8. The van der Waals surface area contributed by atoms with Crippen LogP contribution in [0.25, 0.3) is 22.0 Å². The standard InChI is InChI=1S/C50H49ClF10N9O14PS2/c1-47(2,86(3,79)80)13-11-28-7-8-30(40(62-28)35(18-25-16-26(52)19-27(53)17-25)63-36(71)22-68-43-38(42(64-68)50(59,60)61)32-20-33(32)49(43,57)58)31-9-10-34(51)39-41(31)69(23-48(54,55)56)65-44(39)70(87(4,81)82)45(74)67-14-5-6-29(67)21-66(15-12-37(72)73)46(75)83-24-84-85(76,77)78/h7-10,16-17,19,29,32-33,35H,5-6,12,14-15,18,20-24H2,1-4H3,(H,63,71)(H,72,73)(H2,76,77,78)/t29-,32-,33?,35-/m0/s1. The van der Waals surface area contributed by atoms with E-state index in [4.69, 9.17) is 26.1 Å². The highest BCUT2D eigenvalue weighted by atomic mass is 35.5. The number of carbonyl (C=O) groups excluding carboxylic acids is 3. The number of sulfonamides is 1. The predicted octanol–water partition coefficient (Wildman–Crippen LogP) is 7.62. The van der Waals surface area contributed by atoms with E-state index in [1.165, 1.54) is 13.8 Å². The summed E-state index contributed by atoms with van der Waals surface area (Å²) in [6, 6.07) is 1.53. The Kier molecular flexibility index (Phi) is 18.0. The zero-order valence-electron chi connectivity index (χ0n) is 45.5. The van der Waals surface area contributed by atoms with Crippen molar-refractivity contribution in [2.45, 2.75) is 100 Å². The Morgan fingerprint density at radius 2 is 1.62 bits per heavy atom. The Labute approximate surface area is 491 Å². The van der Waals surface area contributed by atoms with Crippen LogP contribution in [0.4, 0.5) is 59.3 Å². The van der Waals surface area contributed by atoms with Crippen LogP contribution in [0.1, 0.15) is 85.4 Å². The van der Waals surface area contributed by atoms with Crippen molar-refractivity contribution in [3.63, 3.8) is 0 Å². The van der Waals surface area contributed by atoms with Crippen LogP contribution in [-0.4, -0.2) is 146 Å². The Hall–Kier alpha value is -7.09. The fraction of sp³-hybridized carbons (Fsp3) is 0.460. The third kappa shape index (κ3) is 14.6. The predicted molar refractivity (Wildman–Crippen MR) is 283 cm³/mol. The number of hydrogen-bond donors (Lipinski definition) is 4. The molecule has 0 bridgehead atoms. The summed E-state index contributed by atoms with van der Waals surface area (Å²) in [5.74, 6) is -7.97. The van der Waals surface area contributed by atoms with E-state index in [2.05, 4.69) is 36.9 Å². The van der Waals surface area contributed by atoms with Crippen molar-refractivity contribution in [2.24, 2.45) is 5.92 Å². The van der Waals surface area contributed by atoms with E-state index < -0.39 is 212 Å². The van der Waals surface area contributed by atoms with Gasteiger partial charge >= 0.3 is 38.3 Å². The number of urea groups is 1. The minimum atomic E-state index is -5.28. The molecule has 1 saturated heterocycles. The second-order valence-electron chi connectivity index (χ2n) is 21.1. The van der Waals surface area contributed by atoms with Crippen molar-refractivity contribution in [1.29, 1.82) is 0 Å². The van der Waals surface area contributed by atoms with Crippen molar-refractivity contribution in [3.8, 4) is 23.0 Å². The smallest absolute Gasteiger partial charge is 0.472 e. The van der Waals surface area contributed by atoms with Gasteiger partial charge < -0.3 is 34.7 Å². The number of ether oxygens (including phenoxy) is 1. The average molecular weight is 1320 g/mol. The molecule has 1 saturated carbocycles. The van der Waals surface area contributed by atoms with Crippen LogP contribution in [0.3, 0.4) is 0 Å². The number of sulfone groups is 1. The number of pyridine rings is 1. The highest BCUT2D eigenvalue weighted by Gasteiger charge is 2.68. The minimum Gasteiger partial charge on any atom is -0.481 e. The number of nitrogens with one attached hydrogen (secondary N) is 1. The van der Waals surface area contributed by atoms with E-state index in [-0.39, 0.29) is 50.7 Å². The minimum absolute atomic E-state index is 0.0178. The van der Waals surface area contributed by atoms with Gasteiger partial charge in [-0.15, -0.1) is 0 Å². The van der Waals surface area contributed by atoms with E-state index in [1.807, 2.05) is 0 Å². The van der Waals surface area contributed by atoms with Crippen LogP contribution < -0.4 is 9.62 Å². The quantitative estimate of drug-likeness (QED) is 0.0267. The molecular formula is C50H49ClF10N9O14PS2. The lowest BCUT2D eigenvalue weighted by molar-refractivity contribution is -0.143. The molecule has 2 fully saturated rings. The molecule has 0 spiro atoms. The molecule has 5 aromatic rings. The summed E-state index contributed by atoms with van der Waals surface area (Å²) in [6.07, 6.45) is -12.5. The van der Waals surface area contributed by atoms with Gasteiger partial charge in [0.25, 0.3) is 5.92 Å². The molecule has 4 N–H and O–H groups in total. The number of carbonyl (C=O) groups is 4. The lowest BCUT2D eigenvalue weighted by Crippen LogP contribution is -2.52. The summed E-state index contributed by atoms with van der Waals surface area (Å²) < 4.78 is 221. The number of fused-ring (bicyclic) bond motifs is 4. The number of benzene rings is 2. The van der Waals surface area contributed by atoms with Gasteiger partial charge in [-0.1, -0.05) is 23.6 Å². The molecule has 2 aliphatic carbocycles. The third-order valence-corrected chi connectivity index (χ3v) is 18.0. The van der Waals surface area contributed by atoms with Gasteiger partial charge in [0.2, 0.25) is 22.7 Å². The van der Waals surface area contributed by atoms with Crippen molar-refractivity contribution >= 4 is 80.0 Å². The molecule has 4 amide bonds. The molecule has 2 aromatic carbocycles. The number of aromatic nitrogens is 5. The molecule has 0 radical (unpaired) electrons. The van der Waals surface area contributed by atoms with Crippen molar-refractivity contribution in [2.75, 3.05) is 43.2 Å². The number of aliphatic carboxylic acids is 1. The van der Waals surface area contributed by atoms with Gasteiger partial charge in [-0.2, -0.15) is 49.6 Å². The number of halogens is 11. The summed E-state index contributed by atoms with van der Waals surface area (Å²) >= 11 is 6.77. The first-order chi connectivity index (χ1) is 40.1. The molecule has 3 aliphatic rings. The number of likely N-dealkylation sites (tertiary alicyclic amines) is 1. The molecule has 4 heterocycles. The molecule has 1 unspecified atom stereocenters. The maximum atomic E-state index is 15.7. The van der Waals surface area contributed by atoms with Crippen molar-refractivity contribution in [1.82, 2.24) is 39.7 Å².